The molecule has 3 heterocycles. The van der Waals surface area contributed by atoms with Gasteiger partial charge in [-0.1, -0.05) is 34.6 Å². The van der Waals surface area contributed by atoms with E-state index >= 15 is 0 Å². The molecule has 0 bridgehead atoms. The molecular formula is C21H36N6O5Si. The van der Waals surface area contributed by atoms with Crippen LogP contribution < -0.4 is 16.6 Å². The SMILES string of the molecule is CC(C)C(=O)Nc1nc2c(ncn2[C@@H]2O[C@H](CCO)[C@@H](N)C2O[Si](C)(C)C(C)(C)C)c(=O)[nH]1. The van der Waals surface area contributed by atoms with Crippen LogP contribution in [-0.4, -0.2) is 63.7 Å². The van der Waals surface area contributed by atoms with Gasteiger partial charge in [-0.15, -0.1) is 0 Å². The molecule has 1 saturated heterocycles. The Morgan fingerprint density at radius 2 is 2.09 bits per heavy atom. The van der Waals surface area contributed by atoms with Gasteiger partial charge in [0.15, 0.2) is 25.7 Å². The van der Waals surface area contributed by atoms with E-state index in [-0.39, 0.29) is 40.6 Å². The van der Waals surface area contributed by atoms with Gasteiger partial charge in [-0.05, 0) is 24.6 Å². The lowest BCUT2D eigenvalue weighted by Gasteiger charge is -2.40. The highest BCUT2D eigenvalue weighted by Gasteiger charge is 2.49. The van der Waals surface area contributed by atoms with Gasteiger partial charge in [0, 0.05) is 12.5 Å². The smallest absolute Gasteiger partial charge is 0.280 e. The molecule has 0 saturated carbocycles. The Kier molecular flexibility index (Phi) is 7.15. The van der Waals surface area contributed by atoms with E-state index in [9.17, 15) is 14.7 Å². The molecule has 12 heteroatoms. The van der Waals surface area contributed by atoms with Crippen LogP contribution in [0.15, 0.2) is 11.1 Å². The first-order valence-corrected chi connectivity index (χ1v) is 14.1. The average molecular weight is 481 g/mol. The zero-order valence-corrected chi connectivity index (χ0v) is 21.4. The maximum absolute atomic E-state index is 12.6. The number of aromatic amines is 1. The van der Waals surface area contributed by atoms with Crippen LogP contribution in [0, 0.1) is 5.92 Å². The first-order chi connectivity index (χ1) is 15.3. The van der Waals surface area contributed by atoms with E-state index in [4.69, 9.17) is 14.9 Å². The molecule has 0 spiro atoms. The Balaban J connectivity index is 2.05. The van der Waals surface area contributed by atoms with Crippen LogP contribution in [0.4, 0.5) is 5.95 Å². The van der Waals surface area contributed by atoms with Crippen molar-refractivity contribution in [2.75, 3.05) is 11.9 Å². The zero-order chi connectivity index (χ0) is 24.7. The number of H-pyrrole nitrogens is 1. The maximum atomic E-state index is 12.6. The van der Waals surface area contributed by atoms with E-state index in [2.05, 4.69) is 54.1 Å². The van der Waals surface area contributed by atoms with Gasteiger partial charge in [0.2, 0.25) is 11.9 Å². The fraction of sp³-hybridized carbons (Fsp3) is 0.714. The van der Waals surface area contributed by atoms with Gasteiger partial charge >= 0.3 is 0 Å². The third-order valence-electron chi connectivity index (χ3n) is 6.53. The first-order valence-electron chi connectivity index (χ1n) is 11.2. The van der Waals surface area contributed by atoms with Gasteiger partial charge < -0.3 is 20.0 Å². The van der Waals surface area contributed by atoms with E-state index < -0.39 is 38.4 Å². The van der Waals surface area contributed by atoms with E-state index in [0.29, 0.717) is 6.42 Å². The van der Waals surface area contributed by atoms with Crippen molar-refractivity contribution in [1.82, 2.24) is 19.5 Å². The molecule has 33 heavy (non-hydrogen) atoms. The number of aliphatic hydroxyl groups is 1. The monoisotopic (exact) mass is 480 g/mol. The molecule has 1 amide bonds. The molecule has 0 radical (unpaired) electrons. The zero-order valence-electron chi connectivity index (χ0n) is 20.4. The van der Waals surface area contributed by atoms with Gasteiger partial charge in [0.1, 0.15) is 6.10 Å². The number of amides is 1. The van der Waals surface area contributed by atoms with Gasteiger partial charge in [-0.2, -0.15) is 4.98 Å². The van der Waals surface area contributed by atoms with Crippen molar-refractivity contribution >= 4 is 31.3 Å². The predicted molar refractivity (Wildman–Crippen MR) is 127 cm³/mol. The van der Waals surface area contributed by atoms with E-state index in [1.807, 2.05) is 0 Å². The van der Waals surface area contributed by atoms with Crippen molar-refractivity contribution in [2.24, 2.45) is 11.7 Å². The van der Waals surface area contributed by atoms with Crippen molar-refractivity contribution in [3.8, 4) is 0 Å². The van der Waals surface area contributed by atoms with E-state index in [1.54, 1.807) is 18.4 Å². The van der Waals surface area contributed by atoms with Crippen LogP contribution >= 0.6 is 0 Å². The fourth-order valence-electron chi connectivity index (χ4n) is 3.45. The largest absolute Gasteiger partial charge is 0.408 e. The summed E-state index contributed by atoms with van der Waals surface area (Å²) in [5.74, 6) is -0.525. The highest BCUT2D eigenvalue weighted by Crippen LogP contribution is 2.42. The van der Waals surface area contributed by atoms with Gasteiger partial charge in [0.05, 0.1) is 18.5 Å². The summed E-state index contributed by atoms with van der Waals surface area (Å²) in [7, 11) is -2.24. The van der Waals surface area contributed by atoms with Crippen LogP contribution in [0.3, 0.4) is 0 Å². The molecule has 3 rings (SSSR count). The average Bonchev–Trinajstić information content (AvgIpc) is 3.24. The lowest BCUT2D eigenvalue weighted by molar-refractivity contribution is -0.118. The Hall–Kier alpha value is -2.12. The number of rotatable bonds is 7. The Morgan fingerprint density at radius 3 is 2.67 bits per heavy atom. The number of nitrogens with zero attached hydrogens (tertiary/aromatic N) is 3. The standard InChI is InChI=1S/C21H36N6O5Si/c1-11(2)17(29)25-20-24-16-14(18(30)26-20)23-10-27(16)19-15(13(22)12(31-19)8-9-28)32-33(6,7)21(3,4)5/h10-13,15,19,28H,8-9,22H2,1-7H3,(H2,24,25,26,29,30)/t12-,13-,15?,19-/m1/s1. The number of carbonyl (C=O) groups excluding carboxylic acids is 1. The second-order valence-corrected chi connectivity index (χ2v) is 15.1. The third kappa shape index (κ3) is 5.04. The summed E-state index contributed by atoms with van der Waals surface area (Å²) in [6, 6.07) is -0.490. The first kappa shape index (κ1) is 25.5. The predicted octanol–water partition coefficient (Wildman–Crippen LogP) is 1.71. The molecule has 0 aromatic carbocycles. The molecule has 4 atom stereocenters. The molecule has 1 unspecified atom stereocenters. The number of nitrogens with two attached hydrogens (primary N) is 1. The number of ether oxygens (including phenoxy) is 1. The number of imidazole rings is 1. The molecule has 2 aromatic heterocycles. The van der Waals surface area contributed by atoms with Crippen LogP contribution in [0.2, 0.25) is 18.1 Å². The number of carbonyl (C=O) groups is 1. The molecular weight excluding hydrogens is 444 g/mol. The normalized spacial score (nSPS) is 24.1. The van der Waals surface area contributed by atoms with Gasteiger partial charge in [-0.3, -0.25) is 24.5 Å². The lowest BCUT2D eigenvalue weighted by atomic mass is 10.1. The van der Waals surface area contributed by atoms with Crippen molar-refractivity contribution in [3.63, 3.8) is 0 Å². The van der Waals surface area contributed by atoms with E-state index in [1.165, 1.54) is 6.33 Å². The molecule has 1 aliphatic heterocycles. The Morgan fingerprint density at radius 1 is 1.42 bits per heavy atom. The van der Waals surface area contributed by atoms with Gasteiger partial charge in [-0.25, -0.2) is 4.98 Å². The van der Waals surface area contributed by atoms with Crippen molar-refractivity contribution in [3.05, 3.63) is 16.7 Å². The third-order valence-corrected chi connectivity index (χ3v) is 11.0. The summed E-state index contributed by atoms with van der Waals surface area (Å²) < 4.78 is 14.5. The van der Waals surface area contributed by atoms with Crippen molar-refractivity contribution < 1.29 is 19.1 Å². The number of fused-ring (bicyclic) bond motifs is 1. The quantitative estimate of drug-likeness (QED) is 0.436. The number of anilines is 1. The Bertz CT molecular complexity index is 1060. The number of aromatic nitrogens is 4. The molecule has 11 nitrogen and oxygen atoms in total. The summed E-state index contributed by atoms with van der Waals surface area (Å²) in [5.41, 5.74) is 6.43. The van der Waals surface area contributed by atoms with Crippen LogP contribution in [-0.2, 0) is 14.0 Å². The number of hydrogen-bond acceptors (Lipinski definition) is 8. The molecule has 1 aliphatic rings. The molecule has 2 aromatic rings. The minimum atomic E-state index is -2.24. The maximum Gasteiger partial charge on any atom is 0.280 e. The van der Waals surface area contributed by atoms with Crippen LogP contribution in [0.25, 0.3) is 11.2 Å². The number of aliphatic hydroxyl groups excluding tert-OH is 1. The lowest BCUT2D eigenvalue weighted by Crippen LogP contribution is -2.51. The fourth-order valence-corrected chi connectivity index (χ4v) is 4.75. The minimum absolute atomic E-state index is 0.0315. The number of nitrogens with one attached hydrogen (secondary N) is 2. The summed E-state index contributed by atoms with van der Waals surface area (Å²) in [5, 5.41) is 12.1. The molecule has 0 aliphatic carbocycles. The van der Waals surface area contributed by atoms with Crippen LogP contribution in [0.1, 0.15) is 47.3 Å². The van der Waals surface area contributed by atoms with Gasteiger partial charge in [0.25, 0.3) is 5.56 Å². The molecule has 184 valence electrons. The summed E-state index contributed by atoms with van der Waals surface area (Å²) >= 11 is 0. The second-order valence-electron chi connectivity index (χ2n) is 10.4. The topological polar surface area (TPSA) is 157 Å². The summed E-state index contributed by atoms with van der Waals surface area (Å²) in [4.78, 5) is 35.9. The molecule has 1 fully saturated rings. The second kappa shape index (κ2) is 9.26. The van der Waals surface area contributed by atoms with Crippen molar-refractivity contribution in [1.29, 1.82) is 0 Å². The van der Waals surface area contributed by atoms with E-state index in [0.717, 1.165) is 0 Å². The van der Waals surface area contributed by atoms with Crippen LogP contribution in [0.5, 0.6) is 0 Å². The highest BCUT2D eigenvalue weighted by molar-refractivity contribution is 6.74. The van der Waals surface area contributed by atoms with Crippen molar-refractivity contribution in [2.45, 2.75) is 83.6 Å². The Labute approximate surface area is 194 Å². The molecule has 5 N–H and O–H groups in total. The minimum Gasteiger partial charge on any atom is -0.408 e. The summed E-state index contributed by atoms with van der Waals surface area (Å²) in [6.07, 6.45) is 0.162. The highest BCUT2D eigenvalue weighted by atomic mass is 28.4. The number of hydrogen-bond donors (Lipinski definition) is 4. The summed E-state index contributed by atoms with van der Waals surface area (Å²) in [6.45, 7) is 14.1.